The van der Waals surface area contributed by atoms with Gasteiger partial charge in [-0.3, -0.25) is 24.1 Å². The van der Waals surface area contributed by atoms with Gasteiger partial charge in [-0.1, -0.05) is 38.5 Å². The van der Waals surface area contributed by atoms with Crippen LogP contribution in [0, 0.1) is 5.92 Å². The van der Waals surface area contributed by atoms with Crippen LogP contribution in [0.25, 0.3) is 0 Å². The fourth-order valence-corrected chi connectivity index (χ4v) is 5.04. The number of amides is 4. The van der Waals surface area contributed by atoms with E-state index in [0.29, 0.717) is 29.8 Å². The van der Waals surface area contributed by atoms with Crippen LogP contribution < -0.4 is 10.6 Å². The Morgan fingerprint density at radius 1 is 0.806 bits per heavy atom. The van der Waals surface area contributed by atoms with Gasteiger partial charge in [0.1, 0.15) is 0 Å². The highest BCUT2D eigenvalue weighted by Crippen LogP contribution is 2.31. The molecule has 0 bridgehead atoms. The maximum absolute atomic E-state index is 12.9. The van der Waals surface area contributed by atoms with Crippen molar-refractivity contribution in [3.63, 3.8) is 0 Å². The molecule has 2 saturated carbocycles. The molecule has 0 atom stereocenters. The van der Waals surface area contributed by atoms with Crippen molar-refractivity contribution >= 4 is 23.6 Å². The molecule has 2 aliphatic carbocycles. The van der Waals surface area contributed by atoms with E-state index in [0.717, 1.165) is 57.8 Å². The van der Waals surface area contributed by atoms with E-state index in [1.54, 1.807) is 12.1 Å². The first-order valence-corrected chi connectivity index (χ1v) is 11.6. The molecule has 31 heavy (non-hydrogen) atoms. The van der Waals surface area contributed by atoms with Crippen molar-refractivity contribution < 1.29 is 19.2 Å². The third kappa shape index (κ3) is 4.65. The fraction of sp³-hybridized carbons (Fsp3) is 0.583. The maximum atomic E-state index is 12.9. The van der Waals surface area contributed by atoms with Gasteiger partial charge in [0.15, 0.2) is 0 Å². The quantitative estimate of drug-likeness (QED) is 0.541. The highest BCUT2D eigenvalue weighted by atomic mass is 16.2. The number of benzene rings is 1. The van der Waals surface area contributed by atoms with Gasteiger partial charge in [-0.05, 0) is 43.9 Å². The monoisotopic (exact) mass is 425 g/mol. The molecule has 7 heteroatoms. The molecule has 1 heterocycles. The van der Waals surface area contributed by atoms with Crippen molar-refractivity contribution in [3.8, 4) is 0 Å². The zero-order valence-corrected chi connectivity index (χ0v) is 18.0. The van der Waals surface area contributed by atoms with Crippen molar-refractivity contribution in [3.05, 3.63) is 34.9 Å². The molecule has 0 saturated heterocycles. The number of carbonyl (C=O) groups is 4. The molecular weight excluding hydrogens is 394 g/mol. The molecular formula is C24H31N3O4. The van der Waals surface area contributed by atoms with E-state index in [-0.39, 0.29) is 35.6 Å². The van der Waals surface area contributed by atoms with Crippen molar-refractivity contribution in [2.75, 3.05) is 13.1 Å². The summed E-state index contributed by atoms with van der Waals surface area (Å²) < 4.78 is 0. The predicted octanol–water partition coefficient (Wildman–Crippen LogP) is 3.04. The van der Waals surface area contributed by atoms with Crippen LogP contribution >= 0.6 is 0 Å². The lowest BCUT2D eigenvalue weighted by Crippen LogP contribution is -2.40. The summed E-state index contributed by atoms with van der Waals surface area (Å²) in [6, 6.07) is 4.66. The lowest BCUT2D eigenvalue weighted by molar-refractivity contribution is -0.125. The third-order valence-electron chi connectivity index (χ3n) is 6.81. The Morgan fingerprint density at radius 3 is 2.13 bits per heavy atom. The van der Waals surface area contributed by atoms with Gasteiger partial charge in [0.05, 0.1) is 11.1 Å². The summed E-state index contributed by atoms with van der Waals surface area (Å²) in [7, 11) is 0. The summed E-state index contributed by atoms with van der Waals surface area (Å²) in [6.45, 7) is 0.689. The van der Waals surface area contributed by atoms with E-state index in [1.807, 2.05) is 0 Å². The van der Waals surface area contributed by atoms with Crippen LogP contribution in [0.3, 0.4) is 0 Å². The van der Waals surface area contributed by atoms with Crippen molar-refractivity contribution in [1.82, 2.24) is 15.5 Å². The molecule has 1 aromatic rings. The van der Waals surface area contributed by atoms with E-state index in [1.165, 1.54) is 17.4 Å². The average molecular weight is 426 g/mol. The Labute approximate surface area is 182 Å². The van der Waals surface area contributed by atoms with Crippen LogP contribution in [-0.4, -0.2) is 47.7 Å². The maximum Gasteiger partial charge on any atom is 0.261 e. The Balaban J connectivity index is 1.31. The average Bonchev–Trinajstić information content (AvgIpc) is 3.07. The predicted molar refractivity (Wildman–Crippen MR) is 116 cm³/mol. The second-order valence-electron chi connectivity index (χ2n) is 8.91. The molecule has 4 amide bonds. The Bertz CT molecular complexity index is 870. The van der Waals surface area contributed by atoms with Gasteiger partial charge < -0.3 is 10.6 Å². The smallest absolute Gasteiger partial charge is 0.261 e. The van der Waals surface area contributed by atoms with E-state index >= 15 is 0 Å². The number of carbonyl (C=O) groups excluding carboxylic acids is 4. The summed E-state index contributed by atoms with van der Waals surface area (Å²) in [5.41, 5.74) is 1.05. The second-order valence-corrected chi connectivity index (χ2v) is 8.91. The first-order valence-electron chi connectivity index (χ1n) is 11.6. The topological polar surface area (TPSA) is 95.6 Å². The van der Waals surface area contributed by atoms with Crippen LogP contribution in [-0.2, 0) is 4.79 Å². The van der Waals surface area contributed by atoms with Gasteiger partial charge in [-0.15, -0.1) is 0 Å². The zero-order chi connectivity index (χ0) is 21.8. The fourth-order valence-electron chi connectivity index (χ4n) is 5.04. The molecule has 0 aromatic heterocycles. The third-order valence-corrected chi connectivity index (χ3v) is 6.81. The van der Waals surface area contributed by atoms with Crippen molar-refractivity contribution in [1.29, 1.82) is 0 Å². The minimum atomic E-state index is -0.314. The zero-order valence-electron chi connectivity index (χ0n) is 18.0. The van der Waals surface area contributed by atoms with Crippen LogP contribution in [0.5, 0.6) is 0 Å². The number of fused-ring (bicyclic) bond motifs is 1. The number of rotatable bonds is 6. The molecule has 2 N–H and O–H groups in total. The summed E-state index contributed by atoms with van der Waals surface area (Å²) in [6.07, 6.45) is 10.2. The highest BCUT2D eigenvalue weighted by Gasteiger charge is 2.40. The number of hydrogen-bond donors (Lipinski definition) is 2. The number of nitrogens with zero attached hydrogens (tertiary/aromatic N) is 1. The van der Waals surface area contributed by atoms with Gasteiger partial charge in [0.25, 0.3) is 17.7 Å². The van der Waals surface area contributed by atoms with E-state index in [4.69, 9.17) is 0 Å². The largest absolute Gasteiger partial charge is 0.354 e. The van der Waals surface area contributed by atoms with Gasteiger partial charge >= 0.3 is 0 Å². The molecule has 0 unspecified atom stereocenters. The molecule has 0 spiro atoms. The standard InChI is InChI=1S/C24H31N3O4/c28-21(16-7-3-1-4-8-16)25-13-14-26-22(29)17-11-12-19-20(15-17)24(31)27(23(19)30)18-9-5-2-6-10-18/h11-12,15-16,18H,1-10,13-14H2,(H,25,28)(H,26,29). The van der Waals surface area contributed by atoms with Crippen molar-refractivity contribution in [2.24, 2.45) is 5.92 Å². The van der Waals surface area contributed by atoms with E-state index in [2.05, 4.69) is 10.6 Å². The Kier molecular flexibility index (Phi) is 6.68. The summed E-state index contributed by atoms with van der Waals surface area (Å²) in [4.78, 5) is 51.7. The molecule has 1 aromatic carbocycles. The highest BCUT2D eigenvalue weighted by molar-refractivity contribution is 6.22. The van der Waals surface area contributed by atoms with Crippen LogP contribution in [0.2, 0.25) is 0 Å². The molecule has 7 nitrogen and oxygen atoms in total. The molecule has 3 aliphatic rings. The van der Waals surface area contributed by atoms with Gasteiger partial charge in [-0.25, -0.2) is 0 Å². The summed E-state index contributed by atoms with van der Waals surface area (Å²) in [5.74, 6) is -0.688. The first-order chi connectivity index (χ1) is 15.1. The number of nitrogens with one attached hydrogen (secondary N) is 2. The number of hydrogen-bond acceptors (Lipinski definition) is 4. The normalized spacial score (nSPS) is 19.9. The minimum absolute atomic E-state index is 0.0359. The first kappa shape index (κ1) is 21.5. The van der Waals surface area contributed by atoms with Gasteiger partial charge in [0.2, 0.25) is 5.91 Å². The van der Waals surface area contributed by atoms with Gasteiger partial charge in [-0.2, -0.15) is 0 Å². The SMILES string of the molecule is O=C(NCCNC(=O)C1CCCCC1)c1ccc2c(c1)C(=O)N(C1CCCCC1)C2=O. The minimum Gasteiger partial charge on any atom is -0.354 e. The van der Waals surface area contributed by atoms with Gasteiger partial charge in [0, 0.05) is 30.6 Å². The van der Waals surface area contributed by atoms with Crippen LogP contribution in [0.1, 0.15) is 95.3 Å². The molecule has 1 aliphatic heterocycles. The van der Waals surface area contributed by atoms with Crippen LogP contribution in [0.15, 0.2) is 18.2 Å². The van der Waals surface area contributed by atoms with Crippen molar-refractivity contribution in [2.45, 2.75) is 70.3 Å². The lowest BCUT2D eigenvalue weighted by atomic mass is 9.89. The molecule has 2 fully saturated rings. The molecule has 166 valence electrons. The van der Waals surface area contributed by atoms with Crippen LogP contribution in [0.4, 0.5) is 0 Å². The lowest BCUT2D eigenvalue weighted by Gasteiger charge is -2.29. The molecule has 4 rings (SSSR count). The molecule has 0 radical (unpaired) electrons. The Morgan fingerprint density at radius 2 is 1.42 bits per heavy atom. The second kappa shape index (κ2) is 9.62. The van der Waals surface area contributed by atoms with E-state index in [9.17, 15) is 19.2 Å². The summed E-state index contributed by atoms with van der Waals surface area (Å²) >= 11 is 0. The Hall–Kier alpha value is -2.70. The van der Waals surface area contributed by atoms with E-state index < -0.39 is 0 Å². The summed E-state index contributed by atoms with van der Waals surface area (Å²) in [5, 5.41) is 5.68. The number of imide groups is 1.